The van der Waals surface area contributed by atoms with Gasteiger partial charge in [-0.05, 0) is 42.8 Å². The van der Waals surface area contributed by atoms with E-state index >= 15 is 0 Å². The lowest BCUT2D eigenvalue weighted by Gasteiger charge is -2.42. The minimum atomic E-state index is 0.442. The molecule has 1 fully saturated rings. The fraction of sp³-hybridized carbons (Fsp3) is 0.333. The molecule has 2 aliphatic heterocycles. The van der Waals surface area contributed by atoms with Crippen molar-refractivity contribution in [2.45, 2.75) is 25.3 Å². The van der Waals surface area contributed by atoms with Crippen LogP contribution in [0.15, 0.2) is 47.8 Å². The molecule has 1 unspecified atom stereocenters. The molecule has 1 saturated heterocycles. The Morgan fingerprint density at radius 2 is 1.97 bits per heavy atom. The van der Waals surface area contributed by atoms with Crippen LogP contribution in [0.4, 0.5) is 34.5 Å². The molecule has 9 heteroatoms. The van der Waals surface area contributed by atoms with Crippen LogP contribution in [0.25, 0.3) is 10.2 Å². The van der Waals surface area contributed by atoms with Crippen LogP contribution < -0.4 is 29.9 Å². The molecular weight excluding hydrogens is 472 g/mol. The number of thiophene rings is 1. The number of para-hydroxylation sites is 2. The Balaban J connectivity index is 1.36. The highest BCUT2D eigenvalue weighted by Crippen LogP contribution is 2.44. The van der Waals surface area contributed by atoms with E-state index in [-0.39, 0.29) is 0 Å². The van der Waals surface area contributed by atoms with E-state index in [0.717, 1.165) is 63.4 Å². The van der Waals surface area contributed by atoms with E-state index in [9.17, 15) is 0 Å². The van der Waals surface area contributed by atoms with Crippen LogP contribution in [0.2, 0.25) is 0 Å². The lowest BCUT2D eigenvalue weighted by Crippen LogP contribution is -2.46. The molecular formula is C27H30N6O2S. The molecule has 4 aromatic rings. The quantitative estimate of drug-likeness (QED) is 0.332. The normalized spacial score (nSPS) is 16.6. The van der Waals surface area contributed by atoms with Gasteiger partial charge >= 0.3 is 0 Å². The largest absolute Gasteiger partial charge is 0.494 e. The molecule has 2 N–H and O–H groups in total. The number of fused-ring (bicyclic) bond motifs is 4. The first-order valence-corrected chi connectivity index (χ1v) is 13.2. The Bertz CT molecular complexity index is 1400. The van der Waals surface area contributed by atoms with E-state index in [1.54, 1.807) is 18.4 Å². The summed E-state index contributed by atoms with van der Waals surface area (Å²) >= 11 is 1.62. The van der Waals surface area contributed by atoms with Crippen molar-refractivity contribution in [3.63, 3.8) is 0 Å². The van der Waals surface area contributed by atoms with Crippen molar-refractivity contribution < 1.29 is 9.47 Å². The maximum Gasteiger partial charge on any atom is 0.229 e. The van der Waals surface area contributed by atoms with Crippen LogP contribution >= 0.6 is 11.3 Å². The second-order valence-electron chi connectivity index (χ2n) is 9.37. The molecule has 0 saturated carbocycles. The average molecular weight is 503 g/mol. The summed E-state index contributed by atoms with van der Waals surface area (Å²) in [4.78, 5) is 14.2. The van der Waals surface area contributed by atoms with E-state index < -0.39 is 0 Å². The van der Waals surface area contributed by atoms with Gasteiger partial charge < -0.3 is 29.9 Å². The second-order valence-corrected chi connectivity index (χ2v) is 10.3. The van der Waals surface area contributed by atoms with Crippen molar-refractivity contribution in [1.29, 1.82) is 0 Å². The molecule has 2 aromatic carbocycles. The highest BCUT2D eigenvalue weighted by Gasteiger charge is 2.31. The monoisotopic (exact) mass is 502 g/mol. The third-order valence-electron chi connectivity index (χ3n) is 6.84. The summed E-state index contributed by atoms with van der Waals surface area (Å²) < 4.78 is 13.0. The van der Waals surface area contributed by atoms with Crippen LogP contribution in [-0.4, -0.2) is 50.4 Å². The van der Waals surface area contributed by atoms with E-state index in [1.807, 2.05) is 43.7 Å². The predicted molar refractivity (Wildman–Crippen MR) is 148 cm³/mol. The first-order valence-electron chi connectivity index (χ1n) is 12.3. The van der Waals surface area contributed by atoms with Crippen LogP contribution in [-0.2, 0) is 0 Å². The molecule has 0 aliphatic carbocycles. The molecule has 0 bridgehead atoms. The molecule has 0 spiro atoms. The number of piperidine rings is 1. The molecule has 0 amide bonds. The average Bonchev–Trinajstić information content (AvgIpc) is 3.37. The number of hydrogen-bond donors (Lipinski definition) is 2. The summed E-state index contributed by atoms with van der Waals surface area (Å²) in [6, 6.07) is 14.7. The number of nitrogens with zero attached hydrogens (tertiary/aromatic N) is 4. The van der Waals surface area contributed by atoms with Crippen molar-refractivity contribution in [3.05, 3.63) is 47.8 Å². The van der Waals surface area contributed by atoms with Crippen molar-refractivity contribution in [1.82, 2.24) is 9.97 Å². The number of nitrogens with one attached hydrogen (secondary N) is 2. The smallest absolute Gasteiger partial charge is 0.229 e. The fourth-order valence-electron chi connectivity index (χ4n) is 5.05. The minimum absolute atomic E-state index is 0.442. The Morgan fingerprint density at radius 3 is 2.83 bits per heavy atom. The molecule has 1 atom stereocenters. The van der Waals surface area contributed by atoms with E-state index in [2.05, 4.69) is 38.6 Å². The lowest BCUT2D eigenvalue weighted by atomic mass is 10.00. The van der Waals surface area contributed by atoms with Crippen LogP contribution in [0.1, 0.15) is 19.3 Å². The Kier molecular flexibility index (Phi) is 5.92. The predicted octanol–water partition coefficient (Wildman–Crippen LogP) is 6.00. The van der Waals surface area contributed by atoms with Crippen molar-refractivity contribution in [2.24, 2.45) is 0 Å². The summed E-state index contributed by atoms with van der Waals surface area (Å²) in [5, 5.41) is 8.97. The molecule has 2 aromatic heterocycles. The molecule has 186 valence electrons. The highest BCUT2D eigenvalue weighted by molar-refractivity contribution is 7.17. The van der Waals surface area contributed by atoms with Crippen LogP contribution in [0, 0.1) is 0 Å². The first-order chi connectivity index (χ1) is 17.6. The maximum absolute atomic E-state index is 6.17. The number of anilines is 6. The summed E-state index contributed by atoms with van der Waals surface area (Å²) in [5.74, 6) is 2.86. The van der Waals surface area contributed by atoms with Crippen LogP contribution in [0.5, 0.6) is 11.5 Å². The number of benzene rings is 2. The number of methoxy groups -OCH3 is 1. The van der Waals surface area contributed by atoms with Gasteiger partial charge in [0.05, 0.1) is 46.1 Å². The zero-order chi connectivity index (χ0) is 24.6. The van der Waals surface area contributed by atoms with Gasteiger partial charge in [-0.3, -0.25) is 0 Å². The van der Waals surface area contributed by atoms with Crippen molar-refractivity contribution >= 4 is 56.1 Å². The summed E-state index contributed by atoms with van der Waals surface area (Å²) in [5.41, 5.74) is 4.83. The van der Waals surface area contributed by atoms with E-state index in [4.69, 9.17) is 19.4 Å². The SMILES string of the molecule is COc1cc2c(cc1Nc1nc(Nc3ccccc3N(C)C)c3sccc3n1)OCC1CCCCN21. The van der Waals surface area contributed by atoms with Gasteiger partial charge in [-0.2, -0.15) is 4.98 Å². The Morgan fingerprint density at radius 1 is 1.08 bits per heavy atom. The molecule has 8 nitrogen and oxygen atoms in total. The van der Waals surface area contributed by atoms with Gasteiger partial charge in [-0.25, -0.2) is 4.98 Å². The summed E-state index contributed by atoms with van der Waals surface area (Å²) in [6.45, 7) is 1.77. The van der Waals surface area contributed by atoms with Gasteiger partial charge in [0.2, 0.25) is 5.95 Å². The highest BCUT2D eigenvalue weighted by atomic mass is 32.1. The fourth-order valence-corrected chi connectivity index (χ4v) is 5.83. The zero-order valence-corrected chi connectivity index (χ0v) is 21.6. The van der Waals surface area contributed by atoms with Gasteiger partial charge in [0.15, 0.2) is 5.82 Å². The molecule has 2 aliphatic rings. The van der Waals surface area contributed by atoms with Gasteiger partial charge in [-0.1, -0.05) is 12.1 Å². The zero-order valence-electron chi connectivity index (χ0n) is 20.7. The minimum Gasteiger partial charge on any atom is -0.494 e. The molecule has 0 radical (unpaired) electrons. The topological polar surface area (TPSA) is 74.8 Å². The van der Waals surface area contributed by atoms with Gasteiger partial charge in [0.1, 0.15) is 18.1 Å². The second kappa shape index (κ2) is 9.39. The van der Waals surface area contributed by atoms with Crippen molar-refractivity contribution in [2.75, 3.05) is 54.8 Å². The van der Waals surface area contributed by atoms with Crippen molar-refractivity contribution in [3.8, 4) is 11.5 Å². The number of aromatic nitrogens is 2. The van der Waals surface area contributed by atoms with Crippen LogP contribution in [0.3, 0.4) is 0 Å². The third-order valence-corrected chi connectivity index (χ3v) is 7.75. The summed E-state index contributed by atoms with van der Waals surface area (Å²) in [6.07, 6.45) is 3.64. The van der Waals surface area contributed by atoms with Gasteiger partial charge in [0.25, 0.3) is 0 Å². The standard InChI is InChI=1S/C27H30N6O2S/c1-32(2)21-10-5-4-9-18(21)28-26-25-19(11-13-36-25)29-27(31-26)30-20-14-24-22(15-23(20)34-3)33-12-7-6-8-17(33)16-35-24/h4-5,9-11,13-15,17H,6-8,12,16H2,1-3H3,(H2,28,29,30,31). The molecule has 36 heavy (non-hydrogen) atoms. The Hall–Kier alpha value is -3.72. The lowest BCUT2D eigenvalue weighted by molar-refractivity contribution is 0.240. The van der Waals surface area contributed by atoms with Gasteiger partial charge in [-0.15, -0.1) is 11.3 Å². The van der Waals surface area contributed by atoms with E-state index in [1.165, 1.54) is 19.3 Å². The number of ether oxygens (including phenoxy) is 2. The molecule has 4 heterocycles. The maximum atomic E-state index is 6.17. The van der Waals surface area contributed by atoms with E-state index in [0.29, 0.717) is 12.0 Å². The number of rotatable bonds is 6. The molecule has 6 rings (SSSR count). The number of hydrogen-bond acceptors (Lipinski definition) is 9. The Labute approximate surface area is 214 Å². The third kappa shape index (κ3) is 4.13. The first kappa shape index (κ1) is 22.7. The van der Waals surface area contributed by atoms with Gasteiger partial charge in [0, 0.05) is 32.8 Å². The summed E-state index contributed by atoms with van der Waals surface area (Å²) in [7, 11) is 5.76.